The molecule has 0 radical (unpaired) electrons. The summed E-state index contributed by atoms with van der Waals surface area (Å²) in [5.74, 6) is 2.61. The van der Waals surface area contributed by atoms with Gasteiger partial charge < -0.3 is 9.73 Å². The molecule has 0 unspecified atom stereocenters. The standard InChI is InChI=1S/C18H17ClN2O2S2/c1-12-21-16(10-25-12)17-7-6-15(23-17)8-20-18(22)11-24-9-13-2-4-14(19)5-3-13/h2-7,10H,8-9,11H2,1H3,(H,20,22). The molecule has 0 aliphatic rings. The summed E-state index contributed by atoms with van der Waals surface area (Å²) >= 11 is 9.00. The van der Waals surface area contributed by atoms with Gasteiger partial charge in [0.2, 0.25) is 5.91 Å². The lowest BCUT2D eigenvalue weighted by Crippen LogP contribution is -2.24. The highest BCUT2D eigenvalue weighted by Gasteiger charge is 2.09. The molecule has 2 aromatic heterocycles. The topological polar surface area (TPSA) is 55.1 Å². The van der Waals surface area contributed by atoms with E-state index in [4.69, 9.17) is 16.0 Å². The number of hydrogen-bond donors (Lipinski definition) is 1. The first-order valence-corrected chi connectivity index (χ1v) is 10.1. The number of aryl methyl sites for hydroxylation is 1. The van der Waals surface area contributed by atoms with E-state index in [1.165, 1.54) is 0 Å². The number of thioether (sulfide) groups is 1. The van der Waals surface area contributed by atoms with Crippen molar-refractivity contribution in [3.63, 3.8) is 0 Å². The summed E-state index contributed by atoms with van der Waals surface area (Å²) in [6, 6.07) is 11.4. The van der Waals surface area contributed by atoms with Crippen molar-refractivity contribution in [2.45, 2.75) is 19.2 Å². The Bertz CT molecular complexity index is 843. The highest BCUT2D eigenvalue weighted by atomic mass is 35.5. The van der Waals surface area contributed by atoms with Gasteiger partial charge in [-0.2, -0.15) is 0 Å². The molecule has 25 heavy (non-hydrogen) atoms. The molecule has 2 heterocycles. The van der Waals surface area contributed by atoms with E-state index in [-0.39, 0.29) is 5.91 Å². The van der Waals surface area contributed by atoms with E-state index in [2.05, 4.69) is 10.3 Å². The first-order valence-electron chi connectivity index (χ1n) is 7.70. The molecule has 1 amide bonds. The second-order valence-corrected chi connectivity index (χ2v) is 7.90. The van der Waals surface area contributed by atoms with E-state index in [9.17, 15) is 4.79 Å². The van der Waals surface area contributed by atoms with Gasteiger partial charge in [0.1, 0.15) is 11.5 Å². The molecule has 0 spiro atoms. The van der Waals surface area contributed by atoms with E-state index < -0.39 is 0 Å². The van der Waals surface area contributed by atoms with Crippen molar-refractivity contribution in [2.75, 3.05) is 5.75 Å². The minimum absolute atomic E-state index is 0.0126. The number of amides is 1. The van der Waals surface area contributed by atoms with E-state index in [1.54, 1.807) is 23.1 Å². The molecule has 1 aromatic carbocycles. The van der Waals surface area contributed by atoms with Crippen LogP contribution in [-0.4, -0.2) is 16.6 Å². The number of thiazole rings is 1. The molecule has 0 saturated carbocycles. The maximum Gasteiger partial charge on any atom is 0.230 e. The van der Waals surface area contributed by atoms with Crippen LogP contribution in [0.2, 0.25) is 5.02 Å². The molecule has 1 N–H and O–H groups in total. The fraction of sp³-hybridized carbons (Fsp3) is 0.222. The Morgan fingerprint density at radius 2 is 2.08 bits per heavy atom. The molecule has 3 rings (SSSR count). The predicted octanol–water partition coefficient (Wildman–Crippen LogP) is 4.91. The van der Waals surface area contributed by atoms with Crippen molar-refractivity contribution in [1.82, 2.24) is 10.3 Å². The zero-order chi connectivity index (χ0) is 17.6. The maximum absolute atomic E-state index is 11.9. The van der Waals surface area contributed by atoms with Crippen LogP contribution in [0.5, 0.6) is 0 Å². The SMILES string of the molecule is Cc1nc(-c2ccc(CNC(=O)CSCc3ccc(Cl)cc3)o2)cs1. The van der Waals surface area contributed by atoms with Gasteiger partial charge in [0, 0.05) is 16.2 Å². The third kappa shape index (κ3) is 5.36. The van der Waals surface area contributed by atoms with Crippen LogP contribution in [0.25, 0.3) is 11.5 Å². The quantitative estimate of drug-likeness (QED) is 0.620. The number of halogens is 1. The summed E-state index contributed by atoms with van der Waals surface area (Å²) in [4.78, 5) is 16.3. The average Bonchev–Trinajstić information content (AvgIpc) is 3.23. The number of hydrogen-bond acceptors (Lipinski definition) is 5. The molecule has 0 saturated heterocycles. The van der Waals surface area contributed by atoms with E-state index in [0.717, 1.165) is 38.6 Å². The minimum Gasteiger partial charge on any atom is -0.458 e. The van der Waals surface area contributed by atoms with Crippen LogP contribution in [0.3, 0.4) is 0 Å². The number of aromatic nitrogens is 1. The van der Waals surface area contributed by atoms with Gasteiger partial charge in [-0.1, -0.05) is 23.7 Å². The summed E-state index contributed by atoms with van der Waals surface area (Å²) in [5.41, 5.74) is 1.98. The van der Waals surface area contributed by atoms with Crippen LogP contribution in [0.1, 0.15) is 16.3 Å². The van der Waals surface area contributed by atoms with Crippen LogP contribution in [-0.2, 0) is 17.1 Å². The first-order chi connectivity index (χ1) is 12.1. The second kappa shape index (κ2) is 8.56. The van der Waals surface area contributed by atoms with Crippen LogP contribution in [0.15, 0.2) is 46.2 Å². The zero-order valence-electron chi connectivity index (χ0n) is 13.6. The monoisotopic (exact) mass is 392 g/mol. The highest BCUT2D eigenvalue weighted by molar-refractivity contribution is 7.99. The number of rotatable bonds is 7. The first kappa shape index (κ1) is 18.0. The van der Waals surface area contributed by atoms with Crippen LogP contribution >= 0.6 is 34.7 Å². The van der Waals surface area contributed by atoms with Crippen molar-refractivity contribution in [3.8, 4) is 11.5 Å². The summed E-state index contributed by atoms with van der Waals surface area (Å²) in [6.07, 6.45) is 0. The molecule has 0 bridgehead atoms. The van der Waals surface area contributed by atoms with E-state index in [1.807, 2.05) is 48.7 Å². The van der Waals surface area contributed by atoms with E-state index >= 15 is 0 Å². The van der Waals surface area contributed by atoms with Crippen LogP contribution in [0, 0.1) is 6.92 Å². The number of benzene rings is 1. The smallest absolute Gasteiger partial charge is 0.230 e. The van der Waals surface area contributed by atoms with Gasteiger partial charge >= 0.3 is 0 Å². The fourth-order valence-corrected chi connectivity index (χ4v) is 3.71. The fourth-order valence-electron chi connectivity index (χ4n) is 2.17. The molecule has 130 valence electrons. The normalized spacial score (nSPS) is 10.8. The summed E-state index contributed by atoms with van der Waals surface area (Å²) < 4.78 is 5.73. The van der Waals surface area contributed by atoms with Crippen LogP contribution < -0.4 is 5.32 Å². The molecular formula is C18H17ClN2O2S2. The van der Waals surface area contributed by atoms with Crippen molar-refractivity contribution < 1.29 is 9.21 Å². The van der Waals surface area contributed by atoms with Crippen molar-refractivity contribution in [2.24, 2.45) is 0 Å². The Balaban J connectivity index is 1.41. The lowest BCUT2D eigenvalue weighted by Gasteiger charge is -2.04. The van der Waals surface area contributed by atoms with Gasteiger partial charge in [-0.3, -0.25) is 4.79 Å². The number of carbonyl (C=O) groups excluding carboxylic acids is 1. The molecule has 0 aliphatic carbocycles. The molecule has 0 fully saturated rings. The van der Waals surface area contributed by atoms with Crippen LogP contribution in [0.4, 0.5) is 0 Å². The predicted molar refractivity (Wildman–Crippen MR) is 104 cm³/mol. The Hall–Kier alpha value is -1.76. The number of carbonyl (C=O) groups is 1. The minimum atomic E-state index is -0.0126. The molecule has 0 atom stereocenters. The van der Waals surface area contributed by atoms with Gasteiger partial charge in [0.25, 0.3) is 0 Å². The largest absolute Gasteiger partial charge is 0.458 e. The molecule has 7 heteroatoms. The third-order valence-electron chi connectivity index (χ3n) is 3.41. The highest BCUT2D eigenvalue weighted by Crippen LogP contribution is 2.23. The lowest BCUT2D eigenvalue weighted by molar-refractivity contribution is -0.118. The number of furan rings is 1. The van der Waals surface area contributed by atoms with Gasteiger partial charge in [0.05, 0.1) is 17.3 Å². The Morgan fingerprint density at radius 1 is 1.28 bits per heavy atom. The van der Waals surface area contributed by atoms with Gasteiger partial charge in [-0.15, -0.1) is 23.1 Å². The Labute approximate surface area is 159 Å². The van der Waals surface area contributed by atoms with Crippen molar-refractivity contribution >= 4 is 40.6 Å². The van der Waals surface area contributed by atoms with Crippen molar-refractivity contribution in [3.05, 3.63) is 63.1 Å². The van der Waals surface area contributed by atoms with Crippen molar-refractivity contribution in [1.29, 1.82) is 0 Å². The van der Waals surface area contributed by atoms with Gasteiger partial charge in [-0.25, -0.2) is 4.98 Å². The summed E-state index contributed by atoms with van der Waals surface area (Å²) in [5, 5.41) is 6.55. The molecule has 3 aromatic rings. The average molecular weight is 393 g/mol. The van der Waals surface area contributed by atoms with Gasteiger partial charge in [-0.05, 0) is 36.8 Å². The molecule has 0 aliphatic heterocycles. The number of nitrogens with zero attached hydrogens (tertiary/aromatic N) is 1. The molecular weight excluding hydrogens is 376 g/mol. The number of nitrogens with one attached hydrogen (secondary N) is 1. The second-order valence-electron chi connectivity index (χ2n) is 5.41. The van der Waals surface area contributed by atoms with E-state index in [0.29, 0.717) is 12.3 Å². The maximum atomic E-state index is 11.9. The Kier molecular flexibility index (Phi) is 6.18. The molecule has 4 nitrogen and oxygen atoms in total. The van der Waals surface area contributed by atoms with Gasteiger partial charge in [0.15, 0.2) is 5.76 Å². The zero-order valence-corrected chi connectivity index (χ0v) is 16.0. The summed E-state index contributed by atoms with van der Waals surface area (Å²) in [6.45, 7) is 2.34. The Morgan fingerprint density at radius 3 is 2.80 bits per heavy atom. The third-order valence-corrected chi connectivity index (χ3v) is 5.44. The summed E-state index contributed by atoms with van der Waals surface area (Å²) in [7, 11) is 0. The lowest BCUT2D eigenvalue weighted by atomic mass is 10.2.